The Hall–Kier alpha value is -9.85. The number of methoxy groups -OCH3 is 4. The van der Waals surface area contributed by atoms with Crippen molar-refractivity contribution in [1.82, 2.24) is 19.6 Å². The lowest BCUT2D eigenvalue weighted by Crippen LogP contribution is -2.62. The topological polar surface area (TPSA) is 583 Å². The molecule has 9 fully saturated rings. The van der Waals surface area contributed by atoms with E-state index in [1.165, 1.54) is 83.0 Å². The van der Waals surface area contributed by atoms with Crippen LogP contribution in [0.25, 0.3) is 0 Å². The zero-order chi connectivity index (χ0) is 105. The average molecular weight is 2100 g/mol. The van der Waals surface area contributed by atoms with Crippen LogP contribution in [0.1, 0.15) is 213 Å². The first-order chi connectivity index (χ1) is 70.4. The number of amides is 1. The highest BCUT2D eigenvalue weighted by atomic mass is 32.1. The van der Waals surface area contributed by atoms with Crippen LogP contribution in [-0.4, -0.2) is 385 Å². The maximum atomic E-state index is 14.1. The Labute approximate surface area is 856 Å². The van der Waals surface area contributed by atoms with Gasteiger partial charge in [-0.05, 0) is 44.7 Å². The van der Waals surface area contributed by atoms with Crippen molar-refractivity contribution in [1.29, 1.82) is 0 Å². The molecule has 0 radical (unpaired) electrons. The van der Waals surface area contributed by atoms with Crippen LogP contribution in [0.4, 0.5) is 0 Å². The Morgan fingerprint density at radius 1 is 0.408 bits per heavy atom. The summed E-state index contributed by atoms with van der Waals surface area (Å²) in [7, 11) is 5.72. The maximum absolute atomic E-state index is 14.1. The van der Waals surface area contributed by atoms with Gasteiger partial charge in [-0.2, -0.15) is 37.9 Å². The molecule has 21 rings (SSSR count). The number of nitrogens with zero attached hydrogens (tertiary/aromatic N) is 4. The Morgan fingerprint density at radius 3 is 1.11 bits per heavy atom. The number of fused-ring (bicyclic) bond motifs is 18. The Kier molecular flexibility index (Phi) is 30.0. The molecule has 0 saturated carbocycles. The molecule has 790 valence electrons. The van der Waals surface area contributed by atoms with Crippen LogP contribution >= 0.6 is 37.9 Å². The number of hydrogen-bond donors (Lipinski definition) is 15. The fourth-order valence-electron chi connectivity index (χ4n) is 24.0. The zero-order valence-corrected chi connectivity index (χ0v) is 83.5. The molecule has 24 atom stereocenters. The van der Waals surface area contributed by atoms with Crippen LogP contribution < -0.4 is 14.2 Å². The highest BCUT2D eigenvalue weighted by molar-refractivity contribution is 7.80. The van der Waals surface area contributed by atoms with Crippen LogP contribution in [0.2, 0.25) is 0 Å². The number of aliphatic hydroxyl groups excluding tert-OH is 3. The van der Waals surface area contributed by atoms with Crippen molar-refractivity contribution < 1.29 is 190 Å². The third kappa shape index (κ3) is 17.9. The van der Waals surface area contributed by atoms with E-state index in [2.05, 4.69) is 52.6 Å². The second-order valence-electron chi connectivity index (χ2n) is 38.8. The largest absolute Gasteiger partial charge is 0.507 e. The van der Waals surface area contributed by atoms with E-state index in [0.29, 0.717) is 63.3 Å². The quantitative estimate of drug-likeness (QED) is 0.0305. The number of piperazine rings is 1. The number of ketones is 9. The molecule has 46 heteroatoms. The van der Waals surface area contributed by atoms with E-state index in [4.69, 9.17) is 80.5 Å². The fraction of sp³-hybridized carbons (Fsp3) is 0.545. The third-order valence-corrected chi connectivity index (χ3v) is 31.3. The first kappa shape index (κ1) is 106. The van der Waals surface area contributed by atoms with Gasteiger partial charge in [0.15, 0.2) is 91.1 Å². The zero-order valence-electron chi connectivity index (χ0n) is 80.8. The minimum absolute atomic E-state index is 0.0376. The van der Waals surface area contributed by atoms with Gasteiger partial charge < -0.3 is 147 Å². The van der Waals surface area contributed by atoms with E-state index in [1.807, 2.05) is 13.8 Å². The van der Waals surface area contributed by atoms with Crippen LogP contribution in [0, 0.1) is 0 Å². The van der Waals surface area contributed by atoms with Crippen molar-refractivity contribution in [2.24, 2.45) is 0 Å². The number of thiol groups is 3. The van der Waals surface area contributed by atoms with Gasteiger partial charge in [-0.3, -0.25) is 62.6 Å². The highest BCUT2D eigenvalue weighted by Crippen LogP contribution is 2.59. The van der Waals surface area contributed by atoms with Crippen molar-refractivity contribution in [3.63, 3.8) is 0 Å². The second-order valence-corrected chi connectivity index (χ2v) is 40.1. The number of carbonyl (C=O) groups excluding carboxylic acids is 10. The van der Waals surface area contributed by atoms with Crippen LogP contribution in [-0.2, 0) is 105 Å². The molecule has 9 heterocycles. The molecule has 147 heavy (non-hydrogen) atoms. The van der Waals surface area contributed by atoms with Gasteiger partial charge in [-0.1, -0.05) is 36.4 Å². The molecule has 0 bridgehead atoms. The van der Waals surface area contributed by atoms with Gasteiger partial charge in [0.25, 0.3) is 0 Å². The molecular weight excluding hydrogens is 1990 g/mol. The van der Waals surface area contributed by atoms with E-state index in [-0.39, 0.29) is 153 Å². The monoisotopic (exact) mass is 2100 g/mol. The first-order valence-electron chi connectivity index (χ1n) is 48.4. The van der Waals surface area contributed by atoms with Crippen LogP contribution in [0.5, 0.6) is 51.7 Å². The van der Waals surface area contributed by atoms with Crippen LogP contribution in [0.3, 0.4) is 0 Å². The molecular formula is C101H114N4O39S3. The smallest absolute Gasteiger partial charge is 0.225 e. The van der Waals surface area contributed by atoms with Crippen LogP contribution in [0.15, 0.2) is 54.6 Å². The van der Waals surface area contributed by atoms with Crippen molar-refractivity contribution >= 4 is 95.8 Å². The van der Waals surface area contributed by atoms with Crippen molar-refractivity contribution in [2.45, 2.75) is 231 Å². The number of morpholine rings is 2. The van der Waals surface area contributed by atoms with E-state index in [0.717, 1.165) is 0 Å². The molecule has 6 aromatic carbocycles. The normalized spacial score (nSPS) is 32.1. The van der Waals surface area contributed by atoms with Gasteiger partial charge in [0.05, 0.1) is 127 Å². The molecule has 15 aliphatic rings. The molecule has 6 aliphatic carbocycles. The van der Waals surface area contributed by atoms with E-state index in [9.17, 15) is 109 Å². The molecule has 0 unspecified atom stereocenters. The lowest BCUT2D eigenvalue weighted by atomic mass is 9.72. The number of aromatic hydroxyl groups is 6. The number of aliphatic hydroxyl groups is 6. The van der Waals surface area contributed by atoms with Gasteiger partial charge in [0, 0.05) is 184 Å². The summed E-state index contributed by atoms with van der Waals surface area (Å²) >= 11 is 12.6. The summed E-state index contributed by atoms with van der Waals surface area (Å²) in [6, 6.07) is 12.7. The maximum Gasteiger partial charge on any atom is 0.225 e. The summed E-state index contributed by atoms with van der Waals surface area (Å²) in [6.07, 6.45) is -14.9. The highest BCUT2D eigenvalue weighted by Gasteiger charge is 2.62. The van der Waals surface area contributed by atoms with Gasteiger partial charge in [0.2, 0.25) is 23.3 Å². The number of benzene rings is 6. The van der Waals surface area contributed by atoms with Crippen molar-refractivity contribution in [3.8, 4) is 51.7 Å². The summed E-state index contributed by atoms with van der Waals surface area (Å²) in [5.41, 5.74) is -10.5. The number of hydrogen-bond acceptors (Lipinski definition) is 45. The number of phenols is 6. The number of carbonyl (C=O) groups is 10. The minimum Gasteiger partial charge on any atom is -0.507 e. The van der Waals surface area contributed by atoms with E-state index < -0.39 is 294 Å². The number of rotatable bonds is 24. The second kappa shape index (κ2) is 41.7. The molecule has 6 aromatic rings. The average Bonchev–Trinajstić information content (AvgIpc) is 1.63. The molecule has 12 N–H and O–H groups in total. The van der Waals surface area contributed by atoms with Crippen molar-refractivity contribution in [2.75, 3.05) is 118 Å². The van der Waals surface area contributed by atoms with E-state index >= 15 is 0 Å². The lowest BCUT2D eigenvalue weighted by Gasteiger charge is -2.45. The van der Waals surface area contributed by atoms with E-state index in [1.54, 1.807) is 11.8 Å². The Balaban J connectivity index is 0.000000139. The summed E-state index contributed by atoms with van der Waals surface area (Å²) in [4.78, 5) is 143. The standard InChI is InChI=1S/C35H40N2O13S.2C33H37NO13S/c1-15-32-18(36-8-9-37(22(40)7-10-51)33(47-3)34(36)50-32)11-23(48-15)49-20-13-35(45,21(39)14-38)12-17-25(20)31(44)27-26(29(17)42)28(41)16-5-4-6-19(46-2)24(16)30(27)43;1-14-30-17(34-6-7-44-32(42-2)31(34)47-30)10-21(45-14)46-19-12-33(41,20(36)13-35)11-16-23(19)29(40)25-24(27(16)38)26(37)15-4-3-5-18(43-8-9-48)22(15)28(25)39;1-14-30-17(34-6-7-43-32(31(34)47-30)44-8-9-48)10-21(45-14)46-19-12-33(41,20(36)13-35)11-16-23(19)29(40)25-24(27(16)38)26(37)15-4-3-5-18(42-2)22(15)28(25)39/h4-6,15,18,20,23,32-34,38,42,44-45,51H,7-14H2,1-3H3;2*3-5,14,17,19,21,30-32,35,38,40-41,48H,6-13H2,1-2H3/t15-,18-,20-,23-,32+,33+,34+,35-;14-,17-,19-,21-,30+,31+,32-,33-;14-,17-,19-,21-,30+,31+,32+,33-/m000/s1. The Bertz CT molecular complexity index is 6310. The molecule has 9 saturated heterocycles. The first-order valence-corrected chi connectivity index (χ1v) is 50.3. The summed E-state index contributed by atoms with van der Waals surface area (Å²) in [5, 5.41) is 134. The summed E-state index contributed by atoms with van der Waals surface area (Å²) in [5.74, 6) is -9.86. The minimum atomic E-state index is -2.26. The molecule has 0 spiro atoms. The molecule has 0 aromatic heterocycles. The van der Waals surface area contributed by atoms with Gasteiger partial charge in [-0.15, -0.1) is 0 Å². The number of ether oxygens (including phenoxy) is 17. The van der Waals surface area contributed by atoms with Crippen molar-refractivity contribution in [3.05, 3.63) is 155 Å². The summed E-state index contributed by atoms with van der Waals surface area (Å²) in [6.45, 7) is 5.75. The molecule has 43 nitrogen and oxygen atoms in total. The molecule has 1 amide bonds. The lowest BCUT2D eigenvalue weighted by molar-refractivity contribution is -0.260. The SMILES string of the molecule is CO[C@H]1OCCN2[C@@H]1O[C@@H]1[C@H](C)O[C@@H](O[C@H]3C[C@](O)(C(=O)CO)Cc4c(O)c5c(c(O)c43)C(=O)c3c(OCCS)cccc3C5=O)C[C@@H]12.COc1cccc2c1C(=O)c1c(O)c3c(c(O)c1C2=O)C[C@@](O)(C(=O)CO)C[C@@H]3O[C@H]1C[C@H]2[C@H](O[C@@H]3[C@@H](OC)N(C(=O)CCS)CCN32)[C@H](C)O1.COc1cccc2c1C(=O)c1c(O)c3c(c(O)c1C2=O)C[C@@](O)(C(=O)CO)C[C@@H]3O[C@H]1C[C@H]2[C@H](O[C@@H]3[C@@H](OCCS)OCCN32)[C@H](C)O1. The van der Waals surface area contributed by atoms with Gasteiger partial charge in [0.1, 0.15) is 107 Å². The molecule has 9 aliphatic heterocycles. The predicted molar refractivity (Wildman–Crippen MR) is 511 cm³/mol. The van der Waals surface area contributed by atoms with Gasteiger partial charge in [-0.25, -0.2) is 0 Å². The predicted octanol–water partition coefficient (Wildman–Crippen LogP) is 2.87. The number of Topliss-reactive ketones (excluding diaryl/α,β-unsaturated/α-hetero) is 3. The fourth-order valence-corrected chi connectivity index (χ4v) is 24.4. The number of phenolic OH excluding ortho intramolecular Hbond substituents is 6. The Morgan fingerprint density at radius 2 is 0.755 bits per heavy atom. The third-order valence-electron chi connectivity index (χ3n) is 30.7. The summed E-state index contributed by atoms with van der Waals surface area (Å²) < 4.78 is 102. The van der Waals surface area contributed by atoms with Gasteiger partial charge >= 0.3 is 0 Å².